The van der Waals surface area contributed by atoms with Crippen LogP contribution in [0.15, 0.2) is 182 Å². The Kier molecular flexibility index (Phi) is 9.88. The lowest BCUT2D eigenvalue weighted by molar-refractivity contribution is -0.140. The minimum absolute atomic E-state index is 0.133. The maximum Gasteiger partial charge on any atom is 0.388 e. The number of hydrogen-bond donors (Lipinski definition) is 0. The zero-order chi connectivity index (χ0) is 31.0. The molecular weight excluding hydrogens is 610 g/mol. The largest absolute Gasteiger partial charge is 0.459 e. The number of alkyl halides is 1. The van der Waals surface area contributed by atoms with Crippen LogP contribution in [0.3, 0.4) is 0 Å². The van der Waals surface area contributed by atoms with Crippen molar-refractivity contribution < 1.29 is 9.53 Å². The Labute approximate surface area is 272 Å². The summed E-state index contributed by atoms with van der Waals surface area (Å²) < 4.78 is 6.28. The summed E-state index contributed by atoms with van der Waals surface area (Å²) >= 11 is 6.22. The molecule has 0 saturated carbocycles. The number of carbonyl (C=O) groups excluding carboxylic acids is 1. The van der Waals surface area contributed by atoms with E-state index in [0.29, 0.717) is 0 Å². The first-order valence-corrected chi connectivity index (χ1v) is 19.3. The molecule has 0 N–H and O–H groups in total. The van der Waals surface area contributed by atoms with E-state index in [1.165, 1.54) is 0 Å². The summed E-state index contributed by atoms with van der Waals surface area (Å²) in [5.41, 5.74) is 0. The molecule has 0 aliphatic carbocycles. The van der Waals surface area contributed by atoms with Gasteiger partial charge in [0.25, 0.3) is 5.40 Å². The molecule has 0 aromatic heterocycles. The van der Waals surface area contributed by atoms with Crippen LogP contribution in [0.1, 0.15) is 0 Å². The van der Waals surface area contributed by atoms with Crippen LogP contribution in [0.2, 0.25) is 0 Å². The summed E-state index contributed by atoms with van der Waals surface area (Å²) in [6, 6.07) is 63.7. The smallest absolute Gasteiger partial charge is 0.388 e. The third kappa shape index (κ3) is 5.76. The Balaban J connectivity index is 1.88. The van der Waals surface area contributed by atoms with E-state index in [1.54, 1.807) is 0 Å². The zero-order valence-electron chi connectivity index (χ0n) is 24.9. The van der Waals surface area contributed by atoms with E-state index in [0.717, 1.165) is 31.8 Å². The van der Waals surface area contributed by atoms with E-state index in [2.05, 4.69) is 146 Å². The van der Waals surface area contributed by atoms with Gasteiger partial charge < -0.3 is 4.74 Å². The molecule has 6 rings (SSSR count). The second kappa shape index (κ2) is 14.4. The molecule has 6 aromatic rings. The molecule has 5 heteroatoms. The van der Waals surface area contributed by atoms with Gasteiger partial charge in [-0.25, -0.2) is 4.79 Å². The number of benzene rings is 6. The lowest BCUT2D eigenvalue weighted by atomic mass is 10.3. The maximum atomic E-state index is 15.4. The average Bonchev–Trinajstić information content (AvgIpc) is 3.13. The molecule has 0 saturated heterocycles. The highest BCUT2D eigenvalue weighted by Gasteiger charge is 2.72. The summed E-state index contributed by atoms with van der Waals surface area (Å²) in [5.74, 6) is -0.00948. The molecule has 2 nitrogen and oxygen atoms in total. The number of rotatable bonds is 11. The fraction of sp³-hybridized carbons (Fsp3) is 0.0750. The summed E-state index contributed by atoms with van der Waals surface area (Å²) in [4.78, 5) is 15.4. The van der Waals surface area contributed by atoms with Crippen LogP contribution < -0.4 is 31.8 Å². The Morgan fingerprint density at radius 3 is 0.867 bits per heavy atom. The van der Waals surface area contributed by atoms with Crippen LogP contribution in [0.4, 0.5) is 0 Å². The van der Waals surface area contributed by atoms with Crippen molar-refractivity contribution in [2.75, 3.05) is 12.5 Å². The Morgan fingerprint density at radius 2 is 0.667 bits per heavy atom. The molecule has 0 spiro atoms. The standard InChI is InChI=1S/C40H35ClO2P2/c41-31-32-43-39(42)40(44(33-19-7-1-8-20-33,34-21-9-2-10-22-34)35-23-11-3-12-24-35)45(36-25-13-4-14-26-36,37-27-15-5-16-28-37)38-29-17-6-18-30-38/h1-30,40H,31-32H2/q+2. The Hall–Kier alpha value is -4.06. The van der Waals surface area contributed by atoms with Crippen LogP contribution in [0.25, 0.3) is 0 Å². The van der Waals surface area contributed by atoms with Crippen molar-refractivity contribution >= 4 is 63.9 Å². The summed E-state index contributed by atoms with van der Waals surface area (Å²) in [6.07, 6.45) is 0. The van der Waals surface area contributed by atoms with Crippen molar-refractivity contribution in [2.24, 2.45) is 0 Å². The second-order valence-corrected chi connectivity index (χ2v) is 18.5. The van der Waals surface area contributed by atoms with Crippen molar-refractivity contribution in [1.29, 1.82) is 0 Å². The van der Waals surface area contributed by atoms with Crippen LogP contribution in [0.5, 0.6) is 0 Å². The Bertz CT molecular complexity index is 1470. The molecule has 0 atom stereocenters. The minimum Gasteiger partial charge on any atom is -0.459 e. The van der Waals surface area contributed by atoms with E-state index in [4.69, 9.17) is 16.3 Å². The molecule has 0 heterocycles. The van der Waals surface area contributed by atoms with E-state index in [-0.39, 0.29) is 18.5 Å². The molecule has 0 aliphatic rings. The van der Waals surface area contributed by atoms with Crippen molar-refractivity contribution in [1.82, 2.24) is 0 Å². The van der Waals surface area contributed by atoms with Crippen molar-refractivity contribution in [2.45, 2.75) is 5.40 Å². The number of hydrogen-bond acceptors (Lipinski definition) is 2. The molecule has 45 heavy (non-hydrogen) atoms. The van der Waals surface area contributed by atoms with E-state index >= 15 is 4.79 Å². The van der Waals surface area contributed by atoms with Crippen molar-refractivity contribution in [3.63, 3.8) is 0 Å². The Morgan fingerprint density at radius 1 is 0.444 bits per heavy atom. The van der Waals surface area contributed by atoms with Gasteiger partial charge in [0.05, 0.1) is 5.88 Å². The fourth-order valence-electron chi connectivity index (χ4n) is 6.51. The molecule has 0 aliphatic heterocycles. The lowest BCUT2D eigenvalue weighted by Crippen LogP contribution is -2.51. The van der Waals surface area contributed by atoms with Crippen LogP contribution in [-0.4, -0.2) is 23.9 Å². The molecule has 222 valence electrons. The van der Waals surface area contributed by atoms with Gasteiger partial charge in [-0.1, -0.05) is 109 Å². The zero-order valence-corrected chi connectivity index (χ0v) is 27.4. The molecule has 0 amide bonds. The van der Waals surface area contributed by atoms with Gasteiger partial charge in [-0.3, -0.25) is 0 Å². The van der Waals surface area contributed by atoms with Crippen LogP contribution in [0, 0.1) is 0 Å². The molecule has 0 bridgehead atoms. The highest BCUT2D eigenvalue weighted by molar-refractivity contribution is 8.12. The van der Waals surface area contributed by atoms with Gasteiger partial charge >= 0.3 is 5.97 Å². The molecule has 0 radical (unpaired) electrons. The summed E-state index contributed by atoms with van der Waals surface area (Å²) in [5, 5.41) is 6.16. The molecular formula is C40H35ClO2P2+2. The van der Waals surface area contributed by atoms with Gasteiger partial charge in [0.15, 0.2) is 14.5 Å². The van der Waals surface area contributed by atoms with Gasteiger partial charge in [0.1, 0.15) is 38.4 Å². The molecule has 6 aromatic carbocycles. The topological polar surface area (TPSA) is 26.3 Å². The minimum atomic E-state index is -2.85. The highest BCUT2D eigenvalue weighted by Crippen LogP contribution is 2.77. The molecule has 0 unspecified atom stereocenters. The average molecular weight is 645 g/mol. The third-order valence-corrected chi connectivity index (χ3v) is 19.0. The van der Waals surface area contributed by atoms with Gasteiger partial charge in [0, 0.05) is 0 Å². The normalized spacial score (nSPS) is 11.7. The fourth-order valence-corrected chi connectivity index (χ4v) is 19.2. The van der Waals surface area contributed by atoms with E-state index < -0.39 is 19.9 Å². The van der Waals surface area contributed by atoms with Crippen molar-refractivity contribution in [3.8, 4) is 0 Å². The van der Waals surface area contributed by atoms with Crippen molar-refractivity contribution in [3.05, 3.63) is 182 Å². The first kappa shape index (κ1) is 30.9. The first-order chi connectivity index (χ1) is 22.2. The number of carbonyl (C=O) groups is 1. The monoisotopic (exact) mass is 644 g/mol. The summed E-state index contributed by atoms with van der Waals surface area (Å²) in [6.45, 7) is 0.133. The predicted octanol–water partition coefficient (Wildman–Crippen LogP) is 7.08. The van der Waals surface area contributed by atoms with Gasteiger partial charge in [0.2, 0.25) is 0 Å². The lowest BCUT2D eigenvalue weighted by Gasteiger charge is -2.39. The third-order valence-electron chi connectivity index (χ3n) is 8.25. The van der Waals surface area contributed by atoms with Crippen LogP contribution >= 0.6 is 26.1 Å². The summed E-state index contributed by atoms with van der Waals surface area (Å²) in [7, 11) is -5.69. The van der Waals surface area contributed by atoms with Gasteiger partial charge in [-0.05, 0) is 72.8 Å². The number of halogens is 1. The predicted molar refractivity (Wildman–Crippen MR) is 196 cm³/mol. The van der Waals surface area contributed by atoms with Gasteiger partial charge in [-0.15, -0.1) is 11.6 Å². The van der Waals surface area contributed by atoms with Gasteiger partial charge in [-0.2, -0.15) is 0 Å². The quantitative estimate of drug-likeness (QED) is 0.0856. The highest BCUT2D eigenvalue weighted by atomic mass is 35.5. The SMILES string of the molecule is O=C(OCCCl)C([P+](c1ccccc1)(c1ccccc1)c1ccccc1)[P+](c1ccccc1)(c1ccccc1)c1ccccc1. The van der Waals surface area contributed by atoms with E-state index in [1.807, 2.05) is 36.4 Å². The van der Waals surface area contributed by atoms with Crippen LogP contribution in [-0.2, 0) is 9.53 Å². The maximum absolute atomic E-state index is 15.4. The second-order valence-electron chi connectivity index (χ2n) is 10.7. The number of esters is 1. The number of ether oxygens (including phenoxy) is 1. The first-order valence-electron chi connectivity index (χ1n) is 15.1. The van der Waals surface area contributed by atoms with E-state index in [9.17, 15) is 0 Å². The molecule has 0 fully saturated rings.